The SMILES string of the molecule is C#CCOCCOCCCC(=O)CCC(N)(CCC(=O)NCCOCCOCC#C)CCC(=O)NCCOCCOCC#C. The highest BCUT2D eigenvalue weighted by atomic mass is 16.5. The van der Waals surface area contributed by atoms with Gasteiger partial charge in [-0.05, 0) is 25.7 Å². The number of Topliss-reactive ketones (excluding diaryl/α,β-unsaturated/α-hetero) is 1. The second-order valence-electron chi connectivity index (χ2n) is 9.81. The molecule has 0 rings (SSSR count). The van der Waals surface area contributed by atoms with Gasteiger partial charge in [0.2, 0.25) is 11.8 Å². The van der Waals surface area contributed by atoms with Crippen molar-refractivity contribution >= 4 is 17.6 Å². The Morgan fingerprint density at radius 1 is 0.545 bits per heavy atom. The van der Waals surface area contributed by atoms with Crippen LogP contribution in [0.2, 0.25) is 0 Å². The average molecular weight is 622 g/mol. The lowest BCUT2D eigenvalue weighted by Gasteiger charge is -2.29. The van der Waals surface area contributed by atoms with E-state index in [1.165, 1.54) is 0 Å². The molecule has 12 heteroatoms. The molecule has 0 saturated heterocycles. The van der Waals surface area contributed by atoms with Gasteiger partial charge in [-0.25, -0.2) is 0 Å². The minimum absolute atomic E-state index is 0.0488. The number of hydrogen-bond donors (Lipinski definition) is 3. The Balaban J connectivity index is 4.54. The Morgan fingerprint density at radius 2 is 0.932 bits per heavy atom. The molecular weight excluding hydrogens is 570 g/mol. The van der Waals surface area contributed by atoms with Crippen molar-refractivity contribution in [3.05, 3.63) is 0 Å². The molecule has 0 aliphatic rings. The number of rotatable bonds is 31. The van der Waals surface area contributed by atoms with Gasteiger partial charge in [0.1, 0.15) is 25.6 Å². The third kappa shape index (κ3) is 27.8. The summed E-state index contributed by atoms with van der Waals surface area (Å²) in [6.45, 7) is 4.78. The Bertz CT molecular complexity index is 781. The van der Waals surface area contributed by atoms with Gasteiger partial charge < -0.3 is 44.8 Å². The second-order valence-corrected chi connectivity index (χ2v) is 9.81. The van der Waals surface area contributed by atoms with Crippen LogP contribution in [0.4, 0.5) is 0 Å². The number of carbonyl (C=O) groups is 3. The minimum Gasteiger partial charge on any atom is -0.379 e. The molecule has 0 aromatic heterocycles. The van der Waals surface area contributed by atoms with Gasteiger partial charge in [-0.2, -0.15) is 0 Å². The van der Waals surface area contributed by atoms with E-state index in [1.54, 1.807) is 0 Å². The van der Waals surface area contributed by atoms with Crippen LogP contribution in [0.25, 0.3) is 0 Å². The van der Waals surface area contributed by atoms with Crippen molar-refractivity contribution < 1.29 is 42.8 Å². The van der Waals surface area contributed by atoms with E-state index in [-0.39, 0.29) is 56.7 Å². The van der Waals surface area contributed by atoms with Crippen LogP contribution in [-0.2, 0) is 42.8 Å². The lowest BCUT2D eigenvalue weighted by Crippen LogP contribution is -2.43. The second kappa shape index (κ2) is 30.1. The van der Waals surface area contributed by atoms with E-state index in [2.05, 4.69) is 28.4 Å². The van der Waals surface area contributed by atoms with Gasteiger partial charge in [-0.3, -0.25) is 14.4 Å². The van der Waals surface area contributed by atoms with E-state index in [4.69, 9.17) is 53.4 Å². The Hall–Kier alpha value is -2.99. The summed E-state index contributed by atoms with van der Waals surface area (Å²) in [6.07, 6.45) is 17.8. The molecule has 0 aromatic rings. The number of ether oxygens (including phenoxy) is 6. The summed E-state index contributed by atoms with van der Waals surface area (Å²) in [5, 5.41) is 5.59. The first kappa shape index (κ1) is 41.0. The molecule has 44 heavy (non-hydrogen) atoms. The fourth-order valence-corrected chi connectivity index (χ4v) is 3.74. The first-order chi connectivity index (χ1) is 21.4. The molecule has 0 atom stereocenters. The highest BCUT2D eigenvalue weighted by molar-refractivity contribution is 5.79. The molecule has 0 aliphatic heterocycles. The Labute approximate surface area is 263 Å². The highest BCUT2D eigenvalue weighted by Crippen LogP contribution is 2.23. The smallest absolute Gasteiger partial charge is 0.220 e. The molecule has 4 N–H and O–H groups in total. The number of hydrogen-bond acceptors (Lipinski definition) is 10. The quantitative estimate of drug-likeness (QED) is 0.0740. The molecule has 2 amide bonds. The molecule has 0 spiro atoms. The molecule has 0 fully saturated rings. The van der Waals surface area contributed by atoms with E-state index in [1.807, 2.05) is 0 Å². The van der Waals surface area contributed by atoms with Crippen molar-refractivity contribution in [3.63, 3.8) is 0 Å². The van der Waals surface area contributed by atoms with Crippen molar-refractivity contribution in [1.82, 2.24) is 10.6 Å². The van der Waals surface area contributed by atoms with Crippen molar-refractivity contribution in [2.75, 3.05) is 92.4 Å². The van der Waals surface area contributed by atoms with Crippen molar-refractivity contribution in [1.29, 1.82) is 0 Å². The van der Waals surface area contributed by atoms with Crippen LogP contribution in [0.15, 0.2) is 0 Å². The van der Waals surface area contributed by atoms with Gasteiger partial charge in [0, 0.05) is 50.9 Å². The maximum absolute atomic E-state index is 12.5. The minimum atomic E-state index is -0.870. The van der Waals surface area contributed by atoms with E-state index in [0.29, 0.717) is 105 Å². The fourth-order valence-electron chi connectivity index (χ4n) is 3.74. The van der Waals surface area contributed by atoms with Crippen molar-refractivity contribution in [3.8, 4) is 37.0 Å². The molecule has 0 aliphatic carbocycles. The number of terminal acetylenes is 3. The molecule has 0 unspecified atom stereocenters. The monoisotopic (exact) mass is 621 g/mol. The van der Waals surface area contributed by atoms with Gasteiger partial charge in [0.05, 0.1) is 52.9 Å². The van der Waals surface area contributed by atoms with Crippen LogP contribution < -0.4 is 16.4 Å². The predicted molar refractivity (Wildman–Crippen MR) is 166 cm³/mol. The van der Waals surface area contributed by atoms with Crippen molar-refractivity contribution in [2.24, 2.45) is 5.73 Å². The van der Waals surface area contributed by atoms with Crippen LogP contribution in [0.1, 0.15) is 51.4 Å². The average Bonchev–Trinajstić information content (AvgIpc) is 3.02. The van der Waals surface area contributed by atoms with E-state index < -0.39 is 5.54 Å². The van der Waals surface area contributed by atoms with E-state index in [9.17, 15) is 14.4 Å². The van der Waals surface area contributed by atoms with Crippen LogP contribution in [0.5, 0.6) is 0 Å². The van der Waals surface area contributed by atoms with Gasteiger partial charge in [0.15, 0.2) is 0 Å². The van der Waals surface area contributed by atoms with Crippen LogP contribution >= 0.6 is 0 Å². The van der Waals surface area contributed by atoms with Crippen LogP contribution in [0, 0.1) is 37.0 Å². The summed E-state index contributed by atoms with van der Waals surface area (Å²) in [7, 11) is 0. The topological polar surface area (TPSA) is 157 Å². The zero-order chi connectivity index (χ0) is 32.6. The third-order valence-electron chi connectivity index (χ3n) is 6.16. The molecule has 0 bridgehead atoms. The number of nitrogens with two attached hydrogens (primary N) is 1. The summed E-state index contributed by atoms with van der Waals surface area (Å²) >= 11 is 0. The van der Waals surface area contributed by atoms with Gasteiger partial charge in [-0.15, -0.1) is 19.3 Å². The van der Waals surface area contributed by atoms with E-state index >= 15 is 0 Å². The normalized spacial score (nSPS) is 10.9. The number of carbonyl (C=O) groups excluding carboxylic acids is 3. The molecule has 0 saturated carbocycles. The van der Waals surface area contributed by atoms with Crippen molar-refractivity contribution in [2.45, 2.75) is 56.9 Å². The molecule has 248 valence electrons. The number of ketones is 1. The summed E-state index contributed by atoms with van der Waals surface area (Å²) in [5.74, 6) is 6.79. The molecule has 12 nitrogen and oxygen atoms in total. The maximum atomic E-state index is 12.5. The van der Waals surface area contributed by atoms with Crippen LogP contribution in [0.3, 0.4) is 0 Å². The number of nitrogens with one attached hydrogen (secondary N) is 2. The molecule has 0 aromatic carbocycles. The molecule has 0 radical (unpaired) electrons. The third-order valence-corrected chi connectivity index (χ3v) is 6.16. The molecule has 0 heterocycles. The maximum Gasteiger partial charge on any atom is 0.220 e. The van der Waals surface area contributed by atoms with Gasteiger partial charge in [-0.1, -0.05) is 17.8 Å². The summed E-state index contributed by atoms with van der Waals surface area (Å²) in [4.78, 5) is 37.4. The van der Waals surface area contributed by atoms with Gasteiger partial charge >= 0.3 is 0 Å². The van der Waals surface area contributed by atoms with E-state index in [0.717, 1.165) is 0 Å². The largest absolute Gasteiger partial charge is 0.379 e. The summed E-state index contributed by atoms with van der Waals surface area (Å²) < 4.78 is 31.6. The standard InChI is InChI=1S/C32H51N3O9/c1-4-17-39-23-26-42-20-7-8-29(36)9-12-32(33,13-10-30(37)34-15-21-43-27-24-40-18-5-2)14-11-31(38)35-16-22-44-28-25-41-19-6-3/h1-3H,7-28,33H2,(H,34,37)(H,35,38). The summed E-state index contributed by atoms with van der Waals surface area (Å²) in [5.41, 5.74) is 5.81. The highest BCUT2D eigenvalue weighted by Gasteiger charge is 2.27. The van der Waals surface area contributed by atoms with Gasteiger partial charge in [0.25, 0.3) is 0 Å². The summed E-state index contributed by atoms with van der Waals surface area (Å²) in [6, 6.07) is 0. The Morgan fingerprint density at radius 3 is 1.36 bits per heavy atom. The lowest BCUT2D eigenvalue weighted by atomic mass is 9.83. The lowest BCUT2D eigenvalue weighted by molar-refractivity contribution is -0.121. The predicted octanol–water partition coefficient (Wildman–Crippen LogP) is 0.605. The van der Waals surface area contributed by atoms with Crippen LogP contribution in [-0.4, -0.2) is 116 Å². The Kier molecular flexibility index (Phi) is 28.0. The first-order valence-electron chi connectivity index (χ1n) is 15.0. The first-order valence-corrected chi connectivity index (χ1v) is 15.0. The zero-order valence-corrected chi connectivity index (χ0v) is 26.0. The number of amides is 2. The molecular formula is C32H51N3O9. The fraction of sp³-hybridized carbons (Fsp3) is 0.719. The zero-order valence-electron chi connectivity index (χ0n) is 26.0.